The molecule has 2 aromatic rings. The van der Waals surface area contributed by atoms with Crippen molar-refractivity contribution in [2.24, 2.45) is 0 Å². The van der Waals surface area contributed by atoms with Crippen LogP contribution in [-0.4, -0.2) is 22.5 Å². The number of hydrogen-bond acceptors (Lipinski definition) is 2. The van der Waals surface area contributed by atoms with Crippen molar-refractivity contribution < 1.29 is 8.78 Å². The SMILES string of the molecule is C=C(c1ncc(C#Cc2cccc(F)c2)cc1F)N(C)C(C)(C)C. The van der Waals surface area contributed by atoms with Crippen LogP contribution < -0.4 is 0 Å². The summed E-state index contributed by atoms with van der Waals surface area (Å²) >= 11 is 0. The molecule has 0 aliphatic rings. The fraction of sp³-hybridized carbons (Fsp3) is 0.250. The second kappa shape index (κ2) is 6.84. The molecule has 0 radical (unpaired) electrons. The highest BCUT2D eigenvalue weighted by molar-refractivity contribution is 5.60. The van der Waals surface area contributed by atoms with Gasteiger partial charge in [0.05, 0.1) is 5.70 Å². The van der Waals surface area contributed by atoms with Gasteiger partial charge in [-0.1, -0.05) is 24.5 Å². The summed E-state index contributed by atoms with van der Waals surface area (Å²) in [6.07, 6.45) is 1.49. The monoisotopic (exact) mass is 326 g/mol. The molecule has 24 heavy (non-hydrogen) atoms. The summed E-state index contributed by atoms with van der Waals surface area (Å²) in [6, 6.07) is 7.25. The van der Waals surface area contributed by atoms with Gasteiger partial charge in [0.25, 0.3) is 0 Å². The maximum Gasteiger partial charge on any atom is 0.152 e. The molecule has 0 N–H and O–H groups in total. The number of benzene rings is 1. The third-order valence-corrected chi connectivity index (χ3v) is 3.70. The molecule has 0 saturated carbocycles. The first-order chi connectivity index (χ1) is 11.2. The molecule has 0 bridgehead atoms. The molecule has 0 unspecified atom stereocenters. The zero-order valence-electron chi connectivity index (χ0n) is 14.3. The highest BCUT2D eigenvalue weighted by atomic mass is 19.1. The largest absolute Gasteiger partial charge is 0.368 e. The maximum absolute atomic E-state index is 14.4. The van der Waals surface area contributed by atoms with E-state index in [-0.39, 0.29) is 17.1 Å². The molecule has 0 saturated heterocycles. The molecule has 0 amide bonds. The Morgan fingerprint density at radius 1 is 1.12 bits per heavy atom. The summed E-state index contributed by atoms with van der Waals surface area (Å²) in [7, 11) is 1.85. The Labute approximate surface area is 141 Å². The molecule has 0 fully saturated rings. The summed E-state index contributed by atoms with van der Waals surface area (Å²) in [6.45, 7) is 9.96. The van der Waals surface area contributed by atoms with Gasteiger partial charge in [0.1, 0.15) is 11.5 Å². The van der Waals surface area contributed by atoms with Crippen LogP contribution in [0.3, 0.4) is 0 Å². The highest BCUT2D eigenvalue weighted by Gasteiger charge is 2.21. The average Bonchev–Trinajstić information content (AvgIpc) is 2.51. The minimum atomic E-state index is -0.484. The van der Waals surface area contributed by atoms with Crippen LogP contribution in [0.25, 0.3) is 5.70 Å². The Morgan fingerprint density at radius 2 is 1.79 bits per heavy atom. The Balaban J connectivity index is 2.26. The molecule has 0 aliphatic carbocycles. The van der Waals surface area contributed by atoms with Crippen molar-refractivity contribution in [3.8, 4) is 11.8 Å². The fourth-order valence-corrected chi connectivity index (χ4v) is 1.99. The molecule has 1 heterocycles. The summed E-state index contributed by atoms with van der Waals surface area (Å²) < 4.78 is 27.5. The van der Waals surface area contributed by atoms with E-state index in [1.165, 1.54) is 24.4 Å². The lowest BCUT2D eigenvalue weighted by Gasteiger charge is -2.35. The van der Waals surface area contributed by atoms with Crippen LogP contribution in [0.2, 0.25) is 0 Å². The van der Waals surface area contributed by atoms with Gasteiger partial charge in [-0.05, 0) is 45.0 Å². The lowest BCUT2D eigenvalue weighted by Crippen LogP contribution is -2.36. The minimum Gasteiger partial charge on any atom is -0.368 e. The molecule has 1 aromatic heterocycles. The first kappa shape index (κ1) is 17.7. The molecular weight excluding hydrogens is 306 g/mol. The van der Waals surface area contributed by atoms with Crippen LogP contribution >= 0.6 is 0 Å². The van der Waals surface area contributed by atoms with Gasteiger partial charge in [-0.15, -0.1) is 0 Å². The standard InChI is InChI=1S/C20H20F2N2/c1-14(24(5)20(2,3)4)19-18(22)12-16(13-23-19)10-9-15-7-6-8-17(21)11-15/h6-8,11-13H,1H2,2-5H3. The smallest absolute Gasteiger partial charge is 0.152 e. The maximum atomic E-state index is 14.4. The van der Waals surface area contributed by atoms with E-state index in [0.717, 1.165) is 0 Å². The van der Waals surface area contributed by atoms with Crippen molar-refractivity contribution in [3.05, 3.63) is 71.6 Å². The number of rotatable bonds is 2. The van der Waals surface area contributed by atoms with E-state index in [0.29, 0.717) is 16.8 Å². The van der Waals surface area contributed by atoms with Crippen LogP contribution in [0.1, 0.15) is 37.6 Å². The Hall–Kier alpha value is -2.67. The van der Waals surface area contributed by atoms with Crippen LogP contribution in [0.4, 0.5) is 8.78 Å². The summed E-state index contributed by atoms with van der Waals surface area (Å²) in [5.74, 6) is 4.74. The Bertz CT molecular complexity index is 824. The molecule has 4 heteroatoms. The van der Waals surface area contributed by atoms with Gasteiger partial charge in [-0.3, -0.25) is 4.98 Å². The zero-order valence-corrected chi connectivity index (χ0v) is 14.3. The van der Waals surface area contributed by atoms with Crippen molar-refractivity contribution in [3.63, 3.8) is 0 Å². The Kier molecular flexibility index (Phi) is 5.04. The molecule has 2 rings (SSSR count). The van der Waals surface area contributed by atoms with Crippen molar-refractivity contribution >= 4 is 5.70 Å². The fourth-order valence-electron chi connectivity index (χ4n) is 1.99. The molecule has 124 valence electrons. The van der Waals surface area contributed by atoms with Crippen molar-refractivity contribution in [2.45, 2.75) is 26.3 Å². The van der Waals surface area contributed by atoms with E-state index in [2.05, 4.69) is 23.4 Å². The van der Waals surface area contributed by atoms with Gasteiger partial charge in [0, 0.05) is 29.9 Å². The van der Waals surface area contributed by atoms with Crippen LogP contribution in [0.5, 0.6) is 0 Å². The average molecular weight is 326 g/mol. The summed E-state index contributed by atoms with van der Waals surface area (Å²) in [4.78, 5) is 6.02. The lowest BCUT2D eigenvalue weighted by molar-refractivity contribution is 0.265. The van der Waals surface area contributed by atoms with E-state index in [1.54, 1.807) is 12.1 Å². The highest BCUT2D eigenvalue weighted by Crippen LogP contribution is 2.24. The quantitative estimate of drug-likeness (QED) is 0.758. The first-order valence-corrected chi connectivity index (χ1v) is 7.55. The third-order valence-electron chi connectivity index (χ3n) is 3.70. The second-order valence-corrected chi connectivity index (χ2v) is 6.49. The van der Waals surface area contributed by atoms with Crippen LogP contribution in [0.15, 0.2) is 43.1 Å². The predicted octanol–water partition coefficient (Wildman–Crippen LogP) is 4.46. The van der Waals surface area contributed by atoms with Gasteiger partial charge in [-0.2, -0.15) is 0 Å². The van der Waals surface area contributed by atoms with E-state index in [1.807, 2.05) is 32.7 Å². The lowest BCUT2D eigenvalue weighted by atomic mass is 10.1. The molecular formula is C20H20F2N2. The minimum absolute atomic E-state index is 0.193. The predicted molar refractivity (Wildman–Crippen MR) is 93.1 cm³/mol. The number of nitrogens with zero attached hydrogens (tertiary/aromatic N) is 2. The van der Waals surface area contributed by atoms with Gasteiger partial charge in [-0.25, -0.2) is 8.78 Å². The molecule has 2 nitrogen and oxygen atoms in total. The molecule has 0 aliphatic heterocycles. The van der Waals surface area contributed by atoms with Gasteiger partial charge in [0.2, 0.25) is 0 Å². The van der Waals surface area contributed by atoms with E-state index in [9.17, 15) is 8.78 Å². The van der Waals surface area contributed by atoms with Gasteiger partial charge in [0.15, 0.2) is 5.82 Å². The second-order valence-electron chi connectivity index (χ2n) is 6.49. The van der Waals surface area contributed by atoms with Crippen LogP contribution in [0, 0.1) is 23.5 Å². The molecule has 0 atom stereocenters. The van der Waals surface area contributed by atoms with E-state index >= 15 is 0 Å². The number of hydrogen-bond donors (Lipinski definition) is 0. The number of pyridine rings is 1. The topological polar surface area (TPSA) is 16.1 Å². The summed E-state index contributed by atoms with van der Waals surface area (Å²) in [5, 5.41) is 0. The van der Waals surface area contributed by atoms with Crippen molar-refractivity contribution in [1.82, 2.24) is 9.88 Å². The summed E-state index contributed by atoms with van der Waals surface area (Å²) in [5.41, 5.74) is 1.46. The van der Waals surface area contributed by atoms with Gasteiger partial charge < -0.3 is 4.90 Å². The number of aromatic nitrogens is 1. The van der Waals surface area contributed by atoms with Crippen LogP contribution in [-0.2, 0) is 0 Å². The zero-order chi connectivity index (χ0) is 17.9. The van der Waals surface area contributed by atoms with Crippen molar-refractivity contribution in [2.75, 3.05) is 7.05 Å². The molecule has 1 aromatic carbocycles. The normalized spacial score (nSPS) is 10.8. The van der Waals surface area contributed by atoms with E-state index in [4.69, 9.17) is 0 Å². The molecule has 0 spiro atoms. The number of halogens is 2. The third kappa shape index (κ3) is 4.20. The van der Waals surface area contributed by atoms with E-state index < -0.39 is 5.82 Å². The Morgan fingerprint density at radius 3 is 2.38 bits per heavy atom. The first-order valence-electron chi connectivity index (χ1n) is 7.55. The van der Waals surface area contributed by atoms with Gasteiger partial charge >= 0.3 is 0 Å². The van der Waals surface area contributed by atoms with Crippen molar-refractivity contribution in [1.29, 1.82) is 0 Å².